The maximum Gasteiger partial charge on any atom is 0.232 e. The molecule has 2 aliphatic rings. The highest BCUT2D eigenvalue weighted by Crippen LogP contribution is 2.35. The van der Waals surface area contributed by atoms with E-state index < -0.39 is 11.6 Å². The molecule has 2 aromatic rings. The Kier molecular flexibility index (Phi) is 5.69. The summed E-state index contributed by atoms with van der Waals surface area (Å²) in [6.07, 6.45) is 1.82. The number of amides is 1. The first kappa shape index (κ1) is 19.0. The van der Waals surface area contributed by atoms with E-state index in [1.54, 1.807) is 0 Å². The monoisotopic (exact) mass is 385 g/mol. The minimum absolute atomic E-state index is 0.0426. The van der Waals surface area contributed by atoms with E-state index in [1.807, 2.05) is 24.3 Å². The molecule has 0 aromatic heterocycles. The number of benzene rings is 2. The number of carbonyl (C=O) groups excluding carboxylic acids is 1. The van der Waals surface area contributed by atoms with Gasteiger partial charge in [0.25, 0.3) is 0 Å². The third-order valence-corrected chi connectivity index (χ3v) is 5.75. The third-order valence-electron chi connectivity index (χ3n) is 5.75. The predicted molar refractivity (Wildman–Crippen MR) is 105 cm³/mol. The number of hydrogen-bond donors (Lipinski definition) is 1. The van der Waals surface area contributed by atoms with E-state index in [4.69, 9.17) is 0 Å². The molecule has 2 aliphatic heterocycles. The van der Waals surface area contributed by atoms with Crippen molar-refractivity contribution in [2.24, 2.45) is 0 Å². The number of rotatable bonds is 6. The summed E-state index contributed by atoms with van der Waals surface area (Å²) in [6.45, 7) is 5.06. The van der Waals surface area contributed by atoms with Gasteiger partial charge in [-0.2, -0.15) is 0 Å². The first-order valence-electron chi connectivity index (χ1n) is 9.88. The fourth-order valence-electron chi connectivity index (χ4n) is 4.14. The lowest BCUT2D eigenvalue weighted by atomic mass is 9.95. The van der Waals surface area contributed by atoms with Crippen LogP contribution in [-0.2, 0) is 11.3 Å². The second kappa shape index (κ2) is 8.37. The van der Waals surface area contributed by atoms with Gasteiger partial charge in [-0.3, -0.25) is 9.69 Å². The lowest BCUT2D eigenvalue weighted by Gasteiger charge is -2.34. The molecular formula is C22H25F2N3O. The van der Waals surface area contributed by atoms with Crippen molar-refractivity contribution < 1.29 is 13.6 Å². The molecule has 2 aromatic carbocycles. The Labute approximate surface area is 164 Å². The van der Waals surface area contributed by atoms with Gasteiger partial charge in [-0.1, -0.05) is 24.3 Å². The topological polar surface area (TPSA) is 35.6 Å². The molecule has 1 fully saturated rings. The molecule has 0 spiro atoms. The summed E-state index contributed by atoms with van der Waals surface area (Å²) in [5.41, 5.74) is 2.60. The number of piperazine rings is 1. The Bertz CT molecular complexity index is 849. The van der Waals surface area contributed by atoms with Gasteiger partial charge in [0, 0.05) is 50.0 Å². The zero-order chi connectivity index (χ0) is 19.5. The van der Waals surface area contributed by atoms with Gasteiger partial charge in [-0.15, -0.1) is 0 Å². The molecule has 4 rings (SSSR count). The summed E-state index contributed by atoms with van der Waals surface area (Å²) < 4.78 is 26.9. The number of anilines is 1. The van der Waals surface area contributed by atoms with Crippen LogP contribution in [0, 0.1) is 11.6 Å². The fraction of sp³-hybridized carbons (Fsp3) is 0.409. The van der Waals surface area contributed by atoms with Gasteiger partial charge in [0.15, 0.2) is 0 Å². The average Bonchev–Trinajstić information content (AvgIpc) is 3.01. The Hall–Kier alpha value is -2.31. The van der Waals surface area contributed by atoms with E-state index in [2.05, 4.69) is 15.1 Å². The number of para-hydroxylation sites is 1. The minimum Gasteiger partial charge on any atom is -0.325 e. The highest BCUT2D eigenvalue weighted by Gasteiger charge is 2.29. The Morgan fingerprint density at radius 2 is 1.75 bits per heavy atom. The summed E-state index contributed by atoms with van der Waals surface area (Å²) in [6, 6.07) is 11.7. The largest absolute Gasteiger partial charge is 0.325 e. The van der Waals surface area contributed by atoms with Crippen LogP contribution >= 0.6 is 0 Å². The first-order chi connectivity index (χ1) is 13.6. The van der Waals surface area contributed by atoms with E-state index in [9.17, 15) is 13.6 Å². The van der Waals surface area contributed by atoms with Crippen LogP contribution in [0.15, 0.2) is 42.5 Å². The van der Waals surface area contributed by atoms with Gasteiger partial charge < -0.3 is 10.2 Å². The summed E-state index contributed by atoms with van der Waals surface area (Å²) in [4.78, 5) is 16.8. The molecule has 1 N–H and O–H groups in total. The summed E-state index contributed by atoms with van der Waals surface area (Å²) in [5, 5.41) is 2.96. The quantitative estimate of drug-likeness (QED) is 0.825. The Morgan fingerprint density at radius 3 is 2.54 bits per heavy atom. The van der Waals surface area contributed by atoms with Crippen molar-refractivity contribution in [2.75, 3.05) is 38.0 Å². The van der Waals surface area contributed by atoms with Gasteiger partial charge in [0.2, 0.25) is 5.91 Å². The van der Waals surface area contributed by atoms with Crippen LogP contribution in [0.25, 0.3) is 0 Å². The van der Waals surface area contributed by atoms with E-state index in [0.29, 0.717) is 12.1 Å². The number of nitrogens with zero attached hydrogens (tertiary/aromatic N) is 2. The summed E-state index contributed by atoms with van der Waals surface area (Å²) in [5.74, 6) is -0.950. The molecule has 6 heteroatoms. The molecule has 0 saturated carbocycles. The van der Waals surface area contributed by atoms with Gasteiger partial charge in [-0.05, 0) is 37.1 Å². The van der Waals surface area contributed by atoms with Crippen molar-refractivity contribution in [2.45, 2.75) is 25.3 Å². The van der Waals surface area contributed by atoms with Gasteiger partial charge in [0.1, 0.15) is 11.6 Å². The molecule has 2 heterocycles. The predicted octanol–water partition coefficient (Wildman–Crippen LogP) is 3.60. The standard InChI is InChI=1S/C22H25F2N3O/c23-17-8-7-16(20(24)14-17)15-27-12-10-26(11-13-27)9-3-5-19-18-4-1-2-6-21(18)25-22(19)28/h1-2,4,6-8,14,19H,3,5,9-13,15H2,(H,25,28). The maximum absolute atomic E-state index is 13.8. The third kappa shape index (κ3) is 4.23. The van der Waals surface area contributed by atoms with Gasteiger partial charge in [-0.25, -0.2) is 8.78 Å². The average molecular weight is 385 g/mol. The Balaban J connectivity index is 1.21. The van der Waals surface area contributed by atoms with E-state index in [-0.39, 0.29) is 11.8 Å². The van der Waals surface area contributed by atoms with Gasteiger partial charge in [0.05, 0.1) is 5.92 Å². The molecule has 0 bridgehead atoms. The molecule has 4 nitrogen and oxygen atoms in total. The maximum atomic E-state index is 13.8. The molecule has 148 valence electrons. The summed E-state index contributed by atoms with van der Waals surface area (Å²) in [7, 11) is 0. The zero-order valence-electron chi connectivity index (χ0n) is 15.8. The van der Waals surface area contributed by atoms with Gasteiger partial charge >= 0.3 is 0 Å². The molecule has 1 saturated heterocycles. The van der Waals surface area contributed by atoms with Crippen LogP contribution in [-0.4, -0.2) is 48.4 Å². The number of halogens is 2. The van der Waals surface area contributed by atoms with Crippen LogP contribution < -0.4 is 5.32 Å². The van der Waals surface area contributed by atoms with Crippen molar-refractivity contribution in [3.05, 3.63) is 65.2 Å². The van der Waals surface area contributed by atoms with Crippen LogP contribution in [0.3, 0.4) is 0 Å². The smallest absolute Gasteiger partial charge is 0.232 e. The lowest BCUT2D eigenvalue weighted by molar-refractivity contribution is -0.117. The van der Waals surface area contributed by atoms with Crippen molar-refractivity contribution in [3.63, 3.8) is 0 Å². The number of nitrogens with one attached hydrogen (secondary N) is 1. The van der Waals surface area contributed by atoms with Crippen LogP contribution in [0.2, 0.25) is 0 Å². The van der Waals surface area contributed by atoms with Crippen molar-refractivity contribution in [1.82, 2.24) is 9.80 Å². The molecule has 1 amide bonds. The molecule has 0 radical (unpaired) electrons. The molecular weight excluding hydrogens is 360 g/mol. The fourth-order valence-corrected chi connectivity index (χ4v) is 4.14. The molecule has 1 unspecified atom stereocenters. The van der Waals surface area contributed by atoms with E-state index in [1.165, 1.54) is 12.1 Å². The highest BCUT2D eigenvalue weighted by atomic mass is 19.1. The molecule has 1 atom stereocenters. The van der Waals surface area contributed by atoms with Crippen molar-refractivity contribution in [1.29, 1.82) is 0 Å². The molecule has 0 aliphatic carbocycles. The number of carbonyl (C=O) groups is 1. The van der Waals surface area contributed by atoms with E-state index in [0.717, 1.165) is 62.9 Å². The SMILES string of the molecule is O=C1Nc2ccccc2C1CCCN1CCN(Cc2ccc(F)cc2F)CC1. The van der Waals surface area contributed by atoms with Crippen LogP contribution in [0.4, 0.5) is 14.5 Å². The number of hydrogen-bond acceptors (Lipinski definition) is 3. The lowest BCUT2D eigenvalue weighted by Crippen LogP contribution is -2.46. The second-order valence-electron chi connectivity index (χ2n) is 7.62. The summed E-state index contributed by atoms with van der Waals surface area (Å²) >= 11 is 0. The molecule has 28 heavy (non-hydrogen) atoms. The second-order valence-corrected chi connectivity index (χ2v) is 7.62. The van der Waals surface area contributed by atoms with E-state index >= 15 is 0 Å². The normalized spacial score (nSPS) is 20.2. The van der Waals surface area contributed by atoms with Crippen LogP contribution in [0.1, 0.15) is 29.9 Å². The van der Waals surface area contributed by atoms with Crippen LogP contribution in [0.5, 0.6) is 0 Å². The van der Waals surface area contributed by atoms with Crippen molar-refractivity contribution in [3.8, 4) is 0 Å². The highest BCUT2D eigenvalue weighted by molar-refractivity contribution is 6.02. The first-order valence-corrected chi connectivity index (χ1v) is 9.88. The Morgan fingerprint density at radius 1 is 1.00 bits per heavy atom. The zero-order valence-corrected chi connectivity index (χ0v) is 15.8. The minimum atomic E-state index is -0.537. The number of fused-ring (bicyclic) bond motifs is 1. The van der Waals surface area contributed by atoms with Crippen molar-refractivity contribution >= 4 is 11.6 Å².